The van der Waals surface area contributed by atoms with E-state index in [1.54, 1.807) is 0 Å². The average Bonchev–Trinajstić information content (AvgIpc) is 2.95. The molecule has 3 unspecified atom stereocenters. The van der Waals surface area contributed by atoms with Gasteiger partial charge in [0.15, 0.2) is 0 Å². The van der Waals surface area contributed by atoms with Gasteiger partial charge in [0.2, 0.25) is 0 Å². The van der Waals surface area contributed by atoms with Gasteiger partial charge >= 0.3 is 0 Å². The van der Waals surface area contributed by atoms with Gasteiger partial charge in [0, 0.05) is 12.6 Å². The van der Waals surface area contributed by atoms with E-state index in [1.807, 2.05) is 0 Å². The van der Waals surface area contributed by atoms with Crippen LogP contribution >= 0.6 is 23.5 Å². The molecule has 19 heavy (non-hydrogen) atoms. The normalized spacial score (nSPS) is 36.5. The molecule has 1 N–H and O–H groups in total. The summed E-state index contributed by atoms with van der Waals surface area (Å²) in [5, 5.41) is 3.66. The van der Waals surface area contributed by atoms with Crippen LogP contribution in [0, 0.1) is 11.8 Å². The van der Waals surface area contributed by atoms with Crippen LogP contribution in [-0.4, -0.2) is 48.3 Å². The molecule has 0 aromatic carbocycles. The number of rotatable bonds is 3. The fourth-order valence-electron chi connectivity index (χ4n) is 4.16. The van der Waals surface area contributed by atoms with Crippen LogP contribution in [0.25, 0.3) is 0 Å². The Balaban J connectivity index is 1.65. The molecule has 1 spiro atoms. The van der Waals surface area contributed by atoms with Gasteiger partial charge in [0.25, 0.3) is 0 Å². The van der Waals surface area contributed by atoms with Crippen LogP contribution in [0.15, 0.2) is 0 Å². The molecule has 0 bridgehead atoms. The summed E-state index contributed by atoms with van der Waals surface area (Å²) in [4.78, 5) is 0. The molecule has 3 heterocycles. The molecule has 0 amide bonds. The van der Waals surface area contributed by atoms with Crippen molar-refractivity contribution in [3.05, 3.63) is 0 Å². The van der Waals surface area contributed by atoms with Crippen molar-refractivity contribution in [3.8, 4) is 0 Å². The lowest BCUT2D eigenvalue weighted by Gasteiger charge is -2.46. The summed E-state index contributed by atoms with van der Waals surface area (Å²) in [6, 6.07) is 0.727. The largest absolute Gasteiger partial charge is 0.375 e. The fraction of sp³-hybridized carbons (Fsp3) is 1.00. The van der Waals surface area contributed by atoms with Gasteiger partial charge in [-0.3, -0.25) is 0 Å². The summed E-state index contributed by atoms with van der Waals surface area (Å²) in [7, 11) is 2.17. The maximum absolute atomic E-state index is 6.25. The summed E-state index contributed by atoms with van der Waals surface area (Å²) >= 11 is 4.25. The highest BCUT2D eigenvalue weighted by Crippen LogP contribution is 2.42. The lowest BCUT2D eigenvalue weighted by molar-refractivity contribution is -0.109. The van der Waals surface area contributed by atoms with E-state index in [-0.39, 0.29) is 5.60 Å². The summed E-state index contributed by atoms with van der Waals surface area (Å²) in [5.41, 5.74) is 0.245. The first kappa shape index (κ1) is 14.6. The zero-order valence-electron chi connectivity index (χ0n) is 12.0. The Bertz CT molecular complexity index is 282. The third kappa shape index (κ3) is 3.28. The molecule has 3 fully saturated rings. The molecule has 3 saturated heterocycles. The van der Waals surface area contributed by atoms with Gasteiger partial charge in [0.05, 0.1) is 5.60 Å². The zero-order chi connectivity index (χ0) is 13.1. The Hall–Kier alpha value is 0.620. The molecule has 4 heteroatoms. The molecule has 0 saturated carbocycles. The molecule has 0 aliphatic carbocycles. The quantitative estimate of drug-likeness (QED) is 0.864. The van der Waals surface area contributed by atoms with Crippen molar-refractivity contribution < 1.29 is 4.74 Å². The molecule has 0 aromatic rings. The molecule has 3 aliphatic rings. The Morgan fingerprint density at radius 2 is 1.95 bits per heavy atom. The van der Waals surface area contributed by atoms with Gasteiger partial charge in [-0.25, -0.2) is 0 Å². The molecule has 0 aromatic heterocycles. The number of hydrogen-bond donors (Lipinski definition) is 1. The molecule has 0 radical (unpaired) electrons. The second kappa shape index (κ2) is 6.59. The number of hydrogen-bond acceptors (Lipinski definition) is 4. The van der Waals surface area contributed by atoms with Gasteiger partial charge in [-0.05, 0) is 74.0 Å². The van der Waals surface area contributed by atoms with E-state index in [0.717, 1.165) is 24.5 Å². The van der Waals surface area contributed by atoms with Gasteiger partial charge in [-0.15, -0.1) is 0 Å². The van der Waals surface area contributed by atoms with E-state index < -0.39 is 0 Å². The van der Waals surface area contributed by atoms with Crippen LogP contribution in [0.1, 0.15) is 32.1 Å². The average molecular weight is 302 g/mol. The van der Waals surface area contributed by atoms with E-state index in [0.29, 0.717) is 0 Å². The van der Waals surface area contributed by atoms with Crippen LogP contribution in [0.4, 0.5) is 0 Å². The minimum atomic E-state index is 0.245. The van der Waals surface area contributed by atoms with Gasteiger partial charge in [-0.1, -0.05) is 0 Å². The fourth-order valence-corrected chi connectivity index (χ4v) is 6.71. The summed E-state index contributed by atoms with van der Waals surface area (Å²) in [5.74, 6) is 7.07. The second-order valence-corrected chi connectivity index (χ2v) is 8.71. The van der Waals surface area contributed by atoms with E-state index in [9.17, 15) is 0 Å². The third-order valence-corrected chi connectivity index (χ3v) is 7.42. The Labute approximate surface area is 126 Å². The number of ether oxygens (including phenoxy) is 1. The molecule has 110 valence electrons. The molecule has 2 nitrogen and oxygen atoms in total. The van der Waals surface area contributed by atoms with Crippen molar-refractivity contribution in [3.63, 3.8) is 0 Å². The molecule has 3 aliphatic heterocycles. The maximum atomic E-state index is 6.25. The van der Waals surface area contributed by atoms with Crippen molar-refractivity contribution in [2.45, 2.75) is 43.7 Å². The minimum Gasteiger partial charge on any atom is -0.375 e. The lowest BCUT2D eigenvalue weighted by atomic mass is 9.75. The van der Waals surface area contributed by atoms with E-state index in [1.165, 1.54) is 55.1 Å². The van der Waals surface area contributed by atoms with Crippen LogP contribution < -0.4 is 5.32 Å². The van der Waals surface area contributed by atoms with E-state index >= 15 is 0 Å². The monoisotopic (exact) mass is 301 g/mol. The van der Waals surface area contributed by atoms with Crippen molar-refractivity contribution >= 4 is 23.5 Å². The standard InChI is InChI=1S/C15H27NOS2/c1-16-14(13-3-7-19-11-13)12-2-6-17-15(10-12)4-8-18-9-5-15/h12-14,16H,2-11H2,1H3. The minimum absolute atomic E-state index is 0.245. The molecule has 3 atom stereocenters. The first-order chi connectivity index (χ1) is 9.33. The van der Waals surface area contributed by atoms with E-state index in [4.69, 9.17) is 4.74 Å². The SMILES string of the molecule is CNC(C1CCSC1)C1CCOC2(CCSCC2)C1. The highest BCUT2D eigenvalue weighted by Gasteiger charge is 2.42. The highest BCUT2D eigenvalue weighted by molar-refractivity contribution is 7.99. The van der Waals surface area contributed by atoms with E-state index in [2.05, 4.69) is 35.9 Å². The summed E-state index contributed by atoms with van der Waals surface area (Å²) < 4.78 is 6.25. The molecular formula is C15H27NOS2. The molecular weight excluding hydrogens is 274 g/mol. The van der Waals surface area contributed by atoms with Crippen molar-refractivity contribution in [2.75, 3.05) is 36.7 Å². The Morgan fingerprint density at radius 3 is 2.63 bits per heavy atom. The summed E-state index contributed by atoms with van der Waals surface area (Å²) in [6.45, 7) is 0.993. The first-order valence-electron chi connectivity index (χ1n) is 7.80. The summed E-state index contributed by atoms with van der Waals surface area (Å²) in [6.07, 6.45) is 6.55. The zero-order valence-corrected chi connectivity index (χ0v) is 13.7. The highest BCUT2D eigenvalue weighted by atomic mass is 32.2. The second-order valence-electron chi connectivity index (χ2n) is 6.33. The lowest BCUT2D eigenvalue weighted by Crippen LogP contribution is -2.50. The van der Waals surface area contributed by atoms with Crippen LogP contribution in [0.2, 0.25) is 0 Å². The third-order valence-electron chi connectivity index (χ3n) is 5.25. The Kier molecular flexibility index (Phi) is 5.05. The van der Waals surface area contributed by atoms with Crippen molar-refractivity contribution in [2.24, 2.45) is 11.8 Å². The van der Waals surface area contributed by atoms with Gasteiger partial charge in [0.1, 0.15) is 0 Å². The van der Waals surface area contributed by atoms with Crippen molar-refractivity contribution in [1.82, 2.24) is 5.32 Å². The predicted octanol–water partition coefficient (Wildman–Crippen LogP) is 3.02. The smallest absolute Gasteiger partial charge is 0.0701 e. The number of thioether (sulfide) groups is 2. The van der Waals surface area contributed by atoms with Gasteiger partial charge < -0.3 is 10.1 Å². The molecule has 3 rings (SSSR count). The maximum Gasteiger partial charge on any atom is 0.0701 e. The van der Waals surface area contributed by atoms with Crippen molar-refractivity contribution in [1.29, 1.82) is 0 Å². The Morgan fingerprint density at radius 1 is 1.11 bits per heavy atom. The van der Waals surface area contributed by atoms with Crippen LogP contribution in [-0.2, 0) is 4.74 Å². The first-order valence-corrected chi connectivity index (χ1v) is 10.1. The van der Waals surface area contributed by atoms with Gasteiger partial charge in [-0.2, -0.15) is 23.5 Å². The number of nitrogens with one attached hydrogen (secondary N) is 1. The van der Waals surface area contributed by atoms with Crippen LogP contribution in [0.5, 0.6) is 0 Å². The van der Waals surface area contributed by atoms with Crippen LogP contribution in [0.3, 0.4) is 0 Å². The predicted molar refractivity (Wildman–Crippen MR) is 86.2 cm³/mol. The topological polar surface area (TPSA) is 21.3 Å².